The van der Waals surface area contributed by atoms with Crippen molar-refractivity contribution in [1.82, 2.24) is 9.80 Å². The largest absolute Gasteiger partial charge is 0.756 e. The molecule has 2 saturated heterocycles. The molecule has 2 amide bonds. The first-order valence-corrected chi connectivity index (χ1v) is 16.4. The number of hydrogen-bond donors (Lipinski definition) is 0. The topological polar surface area (TPSA) is 165 Å². The molecule has 236 valence electrons. The average molecular weight is 634 g/mol. The minimum Gasteiger partial charge on any atom is -0.756 e. The summed E-state index contributed by atoms with van der Waals surface area (Å²) >= 11 is 0. The fraction of sp³-hybridized carbons (Fsp3) is 0.500. The Hall–Kier alpha value is -3.93. The SMILES string of the molecule is CC1(C)Oc2ccc(C#N)cc2[C@@H](N2CCCC2=O)[C@@H]1OP(=O)([O-])O[C@H]1[C@H](N2CCCC2=O)c2cc(C#N)ccc2OC1(C)C. The van der Waals surface area contributed by atoms with Gasteiger partial charge in [-0.2, -0.15) is 10.5 Å². The van der Waals surface area contributed by atoms with Crippen LogP contribution >= 0.6 is 7.82 Å². The molecule has 13 heteroatoms. The summed E-state index contributed by atoms with van der Waals surface area (Å²) in [6.07, 6.45) is -0.724. The average Bonchev–Trinajstić information content (AvgIpc) is 3.60. The number of ether oxygens (including phenoxy) is 2. The van der Waals surface area contributed by atoms with Crippen LogP contribution in [-0.2, 0) is 23.2 Å². The molecule has 45 heavy (non-hydrogen) atoms. The second kappa shape index (κ2) is 11.1. The molecule has 0 aliphatic carbocycles. The molecule has 2 aromatic carbocycles. The summed E-state index contributed by atoms with van der Waals surface area (Å²) in [5.74, 6) is 0.509. The molecule has 0 spiro atoms. The van der Waals surface area contributed by atoms with Gasteiger partial charge in [-0.05, 0) is 76.9 Å². The Balaban J connectivity index is 1.40. The summed E-state index contributed by atoms with van der Waals surface area (Å²) in [4.78, 5) is 43.3. The number of likely N-dealkylation sites (tertiary alicyclic amines) is 2. The van der Waals surface area contributed by atoms with E-state index in [2.05, 4.69) is 12.1 Å². The molecule has 6 rings (SSSR count). The highest BCUT2D eigenvalue weighted by molar-refractivity contribution is 7.45. The van der Waals surface area contributed by atoms with Crippen LogP contribution in [-0.4, -0.2) is 58.1 Å². The van der Waals surface area contributed by atoms with E-state index in [0.717, 1.165) is 0 Å². The summed E-state index contributed by atoms with van der Waals surface area (Å²) in [6, 6.07) is 12.1. The maximum absolute atomic E-state index is 14.1. The van der Waals surface area contributed by atoms with Gasteiger partial charge in [-0.3, -0.25) is 14.2 Å². The van der Waals surface area contributed by atoms with Gasteiger partial charge in [0.2, 0.25) is 11.8 Å². The van der Waals surface area contributed by atoms with E-state index in [1.165, 1.54) is 0 Å². The van der Waals surface area contributed by atoms with Crippen LogP contribution < -0.4 is 14.4 Å². The van der Waals surface area contributed by atoms with Gasteiger partial charge in [0.25, 0.3) is 7.82 Å². The van der Waals surface area contributed by atoms with Crippen molar-refractivity contribution in [2.75, 3.05) is 13.1 Å². The molecule has 0 bridgehead atoms. The van der Waals surface area contributed by atoms with Crippen molar-refractivity contribution in [3.05, 3.63) is 58.7 Å². The molecular weight excluding hydrogens is 599 g/mol. The van der Waals surface area contributed by atoms with E-state index in [4.69, 9.17) is 18.5 Å². The van der Waals surface area contributed by atoms with E-state index in [1.807, 2.05) is 0 Å². The molecule has 4 aliphatic rings. The van der Waals surface area contributed by atoms with Gasteiger partial charge < -0.3 is 33.2 Å². The molecule has 2 fully saturated rings. The number of nitriles is 2. The zero-order chi connectivity index (χ0) is 32.3. The van der Waals surface area contributed by atoms with Crippen molar-refractivity contribution in [2.45, 2.75) is 88.9 Å². The van der Waals surface area contributed by atoms with Gasteiger partial charge in [-0.15, -0.1) is 0 Å². The summed E-state index contributed by atoms with van der Waals surface area (Å²) in [6.45, 7) is 7.44. The fourth-order valence-corrected chi connectivity index (χ4v) is 8.26. The zero-order valence-electron chi connectivity index (χ0n) is 25.5. The lowest BCUT2D eigenvalue weighted by Crippen LogP contribution is -2.57. The molecule has 4 aliphatic heterocycles. The minimum absolute atomic E-state index is 0.166. The Kier molecular flexibility index (Phi) is 7.70. The number of hydrogen-bond acceptors (Lipinski definition) is 10. The first-order valence-electron chi connectivity index (χ1n) is 15.0. The van der Waals surface area contributed by atoms with Gasteiger partial charge >= 0.3 is 0 Å². The van der Waals surface area contributed by atoms with Gasteiger partial charge in [-0.1, -0.05) is 0 Å². The third-order valence-electron chi connectivity index (χ3n) is 8.98. The van der Waals surface area contributed by atoms with Gasteiger partial charge in [-0.25, -0.2) is 0 Å². The quantitative estimate of drug-likeness (QED) is 0.424. The van der Waals surface area contributed by atoms with Gasteiger partial charge in [0.1, 0.15) is 34.9 Å². The summed E-state index contributed by atoms with van der Waals surface area (Å²) in [5, 5.41) is 19.2. The molecular formula is C32H34N4O8P-. The molecule has 0 unspecified atom stereocenters. The Bertz CT molecular complexity index is 1580. The zero-order valence-corrected chi connectivity index (χ0v) is 26.4. The van der Waals surface area contributed by atoms with Crippen molar-refractivity contribution in [1.29, 1.82) is 10.5 Å². The van der Waals surface area contributed by atoms with Crippen LogP contribution in [0.2, 0.25) is 0 Å². The van der Waals surface area contributed by atoms with E-state index in [1.54, 1.807) is 73.9 Å². The highest BCUT2D eigenvalue weighted by Gasteiger charge is 2.54. The first-order chi connectivity index (χ1) is 21.2. The number of benzene rings is 2. The number of amides is 2. The normalized spacial score (nSPS) is 26.7. The van der Waals surface area contributed by atoms with Crippen LogP contribution in [0.1, 0.15) is 87.7 Å². The molecule has 0 saturated carbocycles. The maximum Gasteiger partial charge on any atom is 0.268 e. The molecule has 0 N–H and O–H groups in total. The third kappa shape index (κ3) is 5.57. The monoisotopic (exact) mass is 633 g/mol. The number of phosphoric ester groups is 1. The smallest absolute Gasteiger partial charge is 0.268 e. The maximum atomic E-state index is 14.1. The standard InChI is InChI=1S/C32H35N4O8P/c1-31(2)29(27(35-13-5-7-25(35)37)21-15-19(17-33)9-11-23(21)41-31)43-45(39,40)44-30-28(36-14-6-8-26(36)38)22-16-20(18-34)10-12-24(22)42-32(30,3)4/h9-12,15-16,27-30H,5-8,13-14H2,1-4H3,(H,39,40)/p-1/t27-,28-,29+,30+/m1/s1. The van der Waals surface area contributed by atoms with E-state index in [0.29, 0.717) is 72.5 Å². The highest BCUT2D eigenvalue weighted by Crippen LogP contribution is 2.56. The minimum atomic E-state index is -5.26. The van der Waals surface area contributed by atoms with Crippen molar-refractivity contribution in [3.8, 4) is 23.6 Å². The van der Waals surface area contributed by atoms with Crippen LogP contribution in [0.5, 0.6) is 11.5 Å². The number of nitrogens with zero attached hydrogens (tertiary/aromatic N) is 4. The second-order valence-corrected chi connectivity index (χ2v) is 14.2. The number of rotatable bonds is 6. The van der Waals surface area contributed by atoms with Crippen molar-refractivity contribution >= 4 is 19.6 Å². The van der Waals surface area contributed by atoms with Gasteiger partial charge in [0.05, 0.1) is 35.3 Å². The lowest BCUT2D eigenvalue weighted by Gasteiger charge is -2.51. The molecule has 0 aromatic heterocycles. The van der Waals surface area contributed by atoms with Crippen LogP contribution in [0.25, 0.3) is 0 Å². The number of carbonyl (C=O) groups excluding carboxylic acids is 2. The molecule has 12 nitrogen and oxygen atoms in total. The van der Waals surface area contributed by atoms with Crippen molar-refractivity contribution in [2.24, 2.45) is 0 Å². The van der Waals surface area contributed by atoms with E-state index < -0.39 is 43.3 Å². The molecule has 0 radical (unpaired) electrons. The summed E-state index contributed by atoms with van der Waals surface area (Å²) in [5.41, 5.74) is -0.931. The van der Waals surface area contributed by atoms with Crippen molar-refractivity contribution < 1.29 is 37.6 Å². The van der Waals surface area contributed by atoms with Crippen LogP contribution in [0.15, 0.2) is 36.4 Å². The second-order valence-electron chi connectivity index (χ2n) is 12.9. The molecule has 4 atom stereocenters. The van der Waals surface area contributed by atoms with Crippen LogP contribution in [0.4, 0.5) is 0 Å². The van der Waals surface area contributed by atoms with Crippen molar-refractivity contribution in [3.63, 3.8) is 0 Å². The number of fused-ring (bicyclic) bond motifs is 2. The molecule has 4 heterocycles. The molecule has 2 aromatic rings. The lowest BCUT2D eigenvalue weighted by atomic mass is 9.85. The summed E-state index contributed by atoms with van der Waals surface area (Å²) < 4.78 is 38.4. The predicted molar refractivity (Wildman–Crippen MR) is 156 cm³/mol. The van der Waals surface area contributed by atoms with Gasteiger partial charge in [0.15, 0.2) is 0 Å². The number of phosphoric acid groups is 1. The Labute approximate surface area is 261 Å². The first kappa shape index (κ1) is 31.1. The Morgan fingerprint density at radius 1 is 0.800 bits per heavy atom. The third-order valence-corrected chi connectivity index (χ3v) is 9.95. The fourth-order valence-electron chi connectivity index (χ4n) is 6.91. The Morgan fingerprint density at radius 3 is 1.53 bits per heavy atom. The van der Waals surface area contributed by atoms with Crippen LogP contribution in [0.3, 0.4) is 0 Å². The Morgan fingerprint density at radius 2 is 1.20 bits per heavy atom. The highest BCUT2D eigenvalue weighted by atomic mass is 31.2. The van der Waals surface area contributed by atoms with E-state index in [9.17, 15) is 29.6 Å². The van der Waals surface area contributed by atoms with Gasteiger partial charge in [0, 0.05) is 37.1 Å². The number of carbonyl (C=O) groups is 2. The predicted octanol–water partition coefficient (Wildman–Crippen LogP) is 4.04. The van der Waals surface area contributed by atoms with E-state index in [-0.39, 0.29) is 11.8 Å². The van der Waals surface area contributed by atoms with Crippen LogP contribution in [0, 0.1) is 22.7 Å². The lowest BCUT2D eigenvalue weighted by molar-refractivity contribution is -0.253. The van der Waals surface area contributed by atoms with E-state index >= 15 is 0 Å². The summed E-state index contributed by atoms with van der Waals surface area (Å²) in [7, 11) is -5.26.